The van der Waals surface area contributed by atoms with Crippen LogP contribution in [0.15, 0.2) is 18.2 Å². The number of amides is 1. The molecule has 0 atom stereocenters. The highest BCUT2D eigenvalue weighted by molar-refractivity contribution is 5.91. The van der Waals surface area contributed by atoms with Crippen LogP contribution in [0.1, 0.15) is 25.7 Å². The summed E-state index contributed by atoms with van der Waals surface area (Å²) in [6.45, 7) is 0. The molecule has 21 heavy (non-hydrogen) atoms. The van der Waals surface area contributed by atoms with E-state index < -0.39 is 5.97 Å². The summed E-state index contributed by atoms with van der Waals surface area (Å²) in [5.74, 6) is -1.14. The minimum absolute atomic E-state index is 0.0544. The van der Waals surface area contributed by atoms with E-state index in [0.717, 1.165) is 5.52 Å². The van der Waals surface area contributed by atoms with Crippen molar-refractivity contribution in [1.29, 1.82) is 0 Å². The van der Waals surface area contributed by atoms with Gasteiger partial charge in [0.2, 0.25) is 11.9 Å². The largest absolute Gasteiger partial charge is 0.481 e. The van der Waals surface area contributed by atoms with E-state index in [1.54, 1.807) is 17.7 Å². The highest BCUT2D eigenvalue weighted by atomic mass is 19.1. The molecule has 0 fully saturated rings. The molecule has 1 heterocycles. The van der Waals surface area contributed by atoms with Gasteiger partial charge in [0, 0.05) is 26.0 Å². The molecule has 1 aromatic carbocycles. The van der Waals surface area contributed by atoms with Gasteiger partial charge in [0.15, 0.2) is 0 Å². The van der Waals surface area contributed by atoms with Crippen LogP contribution in [-0.4, -0.2) is 26.5 Å². The summed E-state index contributed by atoms with van der Waals surface area (Å²) in [7, 11) is 1.73. The average Bonchev–Trinajstić information content (AvgIpc) is 2.70. The number of anilines is 1. The molecule has 1 aromatic heterocycles. The second-order valence-corrected chi connectivity index (χ2v) is 4.78. The number of rotatable bonds is 6. The van der Waals surface area contributed by atoms with Gasteiger partial charge < -0.3 is 9.67 Å². The third-order valence-electron chi connectivity index (χ3n) is 3.14. The summed E-state index contributed by atoms with van der Waals surface area (Å²) < 4.78 is 14.8. The van der Waals surface area contributed by atoms with Crippen LogP contribution in [0.2, 0.25) is 0 Å². The number of hydrogen-bond acceptors (Lipinski definition) is 3. The Balaban J connectivity index is 1.98. The maximum absolute atomic E-state index is 13.1. The molecule has 0 aliphatic carbocycles. The van der Waals surface area contributed by atoms with Crippen molar-refractivity contribution in [2.24, 2.45) is 7.05 Å². The zero-order chi connectivity index (χ0) is 15.4. The van der Waals surface area contributed by atoms with E-state index in [2.05, 4.69) is 10.3 Å². The van der Waals surface area contributed by atoms with Crippen LogP contribution in [0.4, 0.5) is 10.3 Å². The first-order chi connectivity index (χ1) is 9.97. The van der Waals surface area contributed by atoms with Gasteiger partial charge in [0.1, 0.15) is 5.82 Å². The fourth-order valence-electron chi connectivity index (χ4n) is 2.03. The Labute approximate surface area is 120 Å². The number of aromatic nitrogens is 2. The predicted molar refractivity (Wildman–Crippen MR) is 75.4 cm³/mol. The smallest absolute Gasteiger partial charge is 0.303 e. The lowest BCUT2D eigenvalue weighted by molar-refractivity contribution is -0.137. The van der Waals surface area contributed by atoms with E-state index in [4.69, 9.17) is 5.11 Å². The standard InChI is InChI=1S/C14H16FN3O3/c1-18-11-7-6-9(15)8-10(11)16-14(18)17-12(19)4-2-3-5-13(20)21/h6-8H,2-5H2,1H3,(H,20,21)(H,16,17,19). The summed E-state index contributed by atoms with van der Waals surface area (Å²) in [6.07, 6.45) is 1.23. The molecule has 0 aliphatic rings. The normalized spacial score (nSPS) is 10.8. The molecule has 2 N–H and O–H groups in total. The Hall–Kier alpha value is -2.44. The molecule has 6 nitrogen and oxygen atoms in total. The number of hydrogen-bond donors (Lipinski definition) is 2. The number of unbranched alkanes of at least 4 members (excludes halogenated alkanes) is 1. The minimum atomic E-state index is -0.868. The van der Waals surface area contributed by atoms with E-state index >= 15 is 0 Å². The summed E-state index contributed by atoms with van der Waals surface area (Å²) in [5.41, 5.74) is 1.19. The quantitative estimate of drug-likeness (QED) is 0.800. The second-order valence-electron chi connectivity index (χ2n) is 4.78. The van der Waals surface area contributed by atoms with Gasteiger partial charge in [0.25, 0.3) is 0 Å². The molecule has 1 amide bonds. The van der Waals surface area contributed by atoms with E-state index in [1.807, 2.05) is 0 Å². The van der Waals surface area contributed by atoms with Crippen molar-refractivity contribution < 1.29 is 19.1 Å². The molecule has 2 rings (SSSR count). The number of halogens is 1. The van der Waals surface area contributed by atoms with Crippen molar-refractivity contribution in [3.8, 4) is 0 Å². The van der Waals surface area contributed by atoms with Gasteiger partial charge in [-0.2, -0.15) is 0 Å². The first-order valence-corrected chi connectivity index (χ1v) is 6.61. The van der Waals surface area contributed by atoms with Crippen LogP contribution in [0, 0.1) is 5.82 Å². The topological polar surface area (TPSA) is 84.2 Å². The van der Waals surface area contributed by atoms with Crippen LogP contribution in [0.3, 0.4) is 0 Å². The predicted octanol–water partition coefficient (Wildman–Crippen LogP) is 2.30. The summed E-state index contributed by atoms with van der Waals surface area (Å²) in [4.78, 5) is 26.3. The van der Waals surface area contributed by atoms with E-state index in [1.165, 1.54) is 12.1 Å². The molecular formula is C14H16FN3O3. The third-order valence-corrected chi connectivity index (χ3v) is 3.14. The fraction of sp³-hybridized carbons (Fsp3) is 0.357. The first kappa shape index (κ1) is 15.0. The maximum Gasteiger partial charge on any atom is 0.303 e. The summed E-state index contributed by atoms with van der Waals surface area (Å²) in [6, 6.07) is 4.24. The molecule has 0 saturated heterocycles. The van der Waals surface area contributed by atoms with Crippen LogP contribution < -0.4 is 5.32 Å². The van der Waals surface area contributed by atoms with Crippen molar-refractivity contribution in [2.75, 3.05) is 5.32 Å². The van der Waals surface area contributed by atoms with Crippen molar-refractivity contribution in [2.45, 2.75) is 25.7 Å². The molecule has 0 bridgehead atoms. The number of carbonyl (C=O) groups excluding carboxylic acids is 1. The molecule has 0 spiro atoms. The Kier molecular flexibility index (Phi) is 4.52. The van der Waals surface area contributed by atoms with E-state index in [0.29, 0.717) is 24.3 Å². The molecule has 112 valence electrons. The monoisotopic (exact) mass is 293 g/mol. The number of carboxylic acids is 1. The molecule has 0 saturated carbocycles. The lowest BCUT2D eigenvalue weighted by atomic mass is 10.2. The van der Waals surface area contributed by atoms with Gasteiger partial charge in [-0.15, -0.1) is 0 Å². The maximum atomic E-state index is 13.1. The molecule has 0 aliphatic heterocycles. The number of nitrogens with zero attached hydrogens (tertiary/aromatic N) is 2. The number of fused-ring (bicyclic) bond motifs is 1. The fourth-order valence-corrected chi connectivity index (χ4v) is 2.03. The van der Waals surface area contributed by atoms with Crippen molar-refractivity contribution in [3.05, 3.63) is 24.0 Å². The molecule has 0 radical (unpaired) electrons. The van der Waals surface area contributed by atoms with E-state index in [-0.39, 0.29) is 24.6 Å². The number of benzene rings is 1. The average molecular weight is 293 g/mol. The minimum Gasteiger partial charge on any atom is -0.481 e. The van der Waals surface area contributed by atoms with Crippen molar-refractivity contribution >= 4 is 28.9 Å². The Morgan fingerprint density at radius 1 is 1.33 bits per heavy atom. The SMILES string of the molecule is Cn1c(NC(=O)CCCCC(=O)O)nc2cc(F)ccc21. The first-order valence-electron chi connectivity index (χ1n) is 6.61. The summed E-state index contributed by atoms with van der Waals surface area (Å²) >= 11 is 0. The van der Waals surface area contributed by atoms with Crippen LogP contribution in [-0.2, 0) is 16.6 Å². The van der Waals surface area contributed by atoms with E-state index in [9.17, 15) is 14.0 Å². The van der Waals surface area contributed by atoms with Crippen molar-refractivity contribution in [3.63, 3.8) is 0 Å². The van der Waals surface area contributed by atoms with Gasteiger partial charge in [-0.05, 0) is 25.0 Å². The van der Waals surface area contributed by atoms with Crippen LogP contribution in [0.25, 0.3) is 11.0 Å². The van der Waals surface area contributed by atoms with Gasteiger partial charge in [0.05, 0.1) is 11.0 Å². The second kappa shape index (κ2) is 6.34. The Bertz CT molecular complexity index is 681. The van der Waals surface area contributed by atoms with Crippen LogP contribution in [0.5, 0.6) is 0 Å². The van der Waals surface area contributed by atoms with Crippen LogP contribution >= 0.6 is 0 Å². The van der Waals surface area contributed by atoms with Gasteiger partial charge >= 0.3 is 5.97 Å². The van der Waals surface area contributed by atoms with Crippen molar-refractivity contribution in [1.82, 2.24) is 9.55 Å². The lowest BCUT2D eigenvalue weighted by Gasteiger charge is -2.04. The zero-order valence-electron chi connectivity index (χ0n) is 11.6. The molecule has 2 aromatic rings. The molecular weight excluding hydrogens is 277 g/mol. The highest BCUT2D eigenvalue weighted by Crippen LogP contribution is 2.19. The summed E-state index contributed by atoms with van der Waals surface area (Å²) in [5, 5.41) is 11.2. The number of carbonyl (C=O) groups is 2. The number of aliphatic carboxylic acids is 1. The Morgan fingerprint density at radius 2 is 2.05 bits per heavy atom. The molecule has 7 heteroatoms. The number of nitrogens with one attached hydrogen (secondary N) is 1. The Morgan fingerprint density at radius 3 is 2.76 bits per heavy atom. The number of imidazole rings is 1. The van der Waals surface area contributed by atoms with Gasteiger partial charge in [-0.25, -0.2) is 9.37 Å². The lowest BCUT2D eigenvalue weighted by Crippen LogP contribution is -2.14. The highest BCUT2D eigenvalue weighted by Gasteiger charge is 2.11. The van der Waals surface area contributed by atoms with Gasteiger partial charge in [-0.1, -0.05) is 0 Å². The number of carboxylic acid groups (broad SMARTS) is 1. The van der Waals surface area contributed by atoms with Gasteiger partial charge in [-0.3, -0.25) is 14.9 Å². The molecule has 0 unspecified atom stereocenters. The zero-order valence-corrected chi connectivity index (χ0v) is 11.6. The third kappa shape index (κ3) is 3.77. The number of aryl methyl sites for hydroxylation is 1.